The van der Waals surface area contributed by atoms with Crippen molar-refractivity contribution < 1.29 is 14.3 Å². The number of carbonyl (C=O) groups is 2. The predicted octanol–water partition coefficient (Wildman–Crippen LogP) is 2.07. The van der Waals surface area contributed by atoms with E-state index in [-0.39, 0.29) is 11.8 Å². The fraction of sp³-hybridized carbons (Fsp3) is 0.304. The molecule has 1 saturated heterocycles. The fourth-order valence-corrected chi connectivity index (χ4v) is 3.25. The largest absolute Gasteiger partial charge is 0.497 e. The Kier molecular flexibility index (Phi) is 7.86. The average Bonchev–Trinajstić information content (AvgIpc) is 2.81. The first-order valence-corrected chi connectivity index (χ1v) is 10.1. The Balaban J connectivity index is 1.32. The molecule has 7 heteroatoms. The Bertz CT molecular complexity index is 845. The maximum atomic E-state index is 12.0. The Morgan fingerprint density at radius 1 is 0.967 bits per heavy atom. The van der Waals surface area contributed by atoms with Gasteiger partial charge in [0.1, 0.15) is 5.75 Å². The molecule has 0 bridgehead atoms. The lowest BCUT2D eigenvalue weighted by atomic mass is 10.2. The number of carbonyl (C=O) groups excluding carboxylic acids is 2. The van der Waals surface area contributed by atoms with Crippen LogP contribution in [-0.2, 0) is 9.59 Å². The first-order chi connectivity index (χ1) is 14.6. The van der Waals surface area contributed by atoms with Gasteiger partial charge >= 0.3 is 0 Å². The summed E-state index contributed by atoms with van der Waals surface area (Å²) in [6, 6.07) is 17.7. The topological polar surface area (TPSA) is 73.9 Å². The van der Waals surface area contributed by atoms with E-state index in [4.69, 9.17) is 4.74 Å². The van der Waals surface area contributed by atoms with Gasteiger partial charge in [0.05, 0.1) is 7.11 Å². The highest BCUT2D eigenvalue weighted by Crippen LogP contribution is 2.15. The van der Waals surface area contributed by atoms with Crippen molar-refractivity contribution >= 4 is 23.6 Å². The third kappa shape index (κ3) is 6.63. The van der Waals surface area contributed by atoms with Crippen molar-refractivity contribution in [3.05, 3.63) is 66.2 Å². The molecule has 0 saturated carbocycles. The van der Waals surface area contributed by atoms with E-state index >= 15 is 0 Å². The van der Waals surface area contributed by atoms with Gasteiger partial charge in [-0.15, -0.1) is 0 Å². The SMILES string of the molecule is COc1ccc(C=CC(=O)NNC(=O)CCN2CCN(c3ccccc3)CC2)cc1. The van der Waals surface area contributed by atoms with E-state index in [9.17, 15) is 9.59 Å². The zero-order valence-corrected chi connectivity index (χ0v) is 17.2. The van der Waals surface area contributed by atoms with Crippen LogP contribution in [0.4, 0.5) is 5.69 Å². The summed E-state index contributed by atoms with van der Waals surface area (Å²) in [5.74, 6) is 0.174. The Morgan fingerprint density at radius 3 is 2.33 bits per heavy atom. The van der Waals surface area contributed by atoms with Gasteiger partial charge in [0.2, 0.25) is 5.91 Å². The van der Waals surface area contributed by atoms with Crippen molar-refractivity contribution in [3.8, 4) is 5.75 Å². The van der Waals surface area contributed by atoms with Crippen molar-refractivity contribution in [2.45, 2.75) is 6.42 Å². The number of hydrazine groups is 1. The summed E-state index contributed by atoms with van der Waals surface area (Å²) in [5, 5.41) is 0. The van der Waals surface area contributed by atoms with E-state index in [0.29, 0.717) is 13.0 Å². The average molecular weight is 409 g/mol. The Labute approximate surface area is 177 Å². The van der Waals surface area contributed by atoms with Crippen LogP contribution >= 0.6 is 0 Å². The van der Waals surface area contributed by atoms with Crippen molar-refractivity contribution in [1.29, 1.82) is 0 Å². The van der Waals surface area contributed by atoms with Gasteiger partial charge in [0.15, 0.2) is 0 Å². The smallest absolute Gasteiger partial charge is 0.262 e. The number of nitrogens with zero attached hydrogens (tertiary/aromatic N) is 2. The van der Waals surface area contributed by atoms with Crippen molar-refractivity contribution in [1.82, 2.24) is 15.8 Å². The summed E-state index contributed by atoms with van der Waals surface area (Å²) in [5.41, 5.74) is 6.98. The van der Waals surface area contributed by atoms with Crippen LogP contribution in [0.15, 0.2) is 60.7 Å². The van der Waals surface area contributed by atoms with E-state index in [1.807, 2.05) is 42.5 Å². The van der Waals surface area contributed by atoms with Crippen LogP contribution in [0.5, 0.6) is 5.75 Å². The molecular weight excluding hydrogens is 380 g/mol. The van der Waals surface area contributed by atoms with E-state index in [2.05, 4.69) is 32.8 Å². The van der Waals surface area contributed by atoms with Crippen molar-refractivity contribution in [3.63, 3.8) is 0 Å². The molecule has 2 amide bonds. The molecule has 0 radical (unpaired) electrons. The molecule has 158 valence electrons. The lowest BCUT2D eigenvalue weighted by molar-refractivity contribution is -0.127. The second-order valence-corrected chi connectivity index (χ2v) is 7.06. The molecule has 0 aromatic heterocycles. The minimum atomic E-state index is -0.379. The lowest BCUT2D eigenvalue weighted by Crippen LogP contribution is -2.48. The van der Waals surface area contributed by atoms with E-state index in [0.717, 1.165) is 37.5 Å². The number of amides is 2. The molecule has 1 fully saturated rings. The number of ether oxygens (including phenoxy) is 1. The Morgan fingerprint density at radius 2 is 1.67 bits per heavy atom. The zero-order chi connectivity index (χ0) is 21.2. The van der Waals surface area contributed by atoms with Gasteiger partial charge in [-0.1, -0.05) is 30.3 Å². The first kappa shape index (κ1) is 21.4. The number of hydrogen-bond donors (Lipinski definition) is 2. The standard InChI is InChI=1S/C23H28N4O3/c1-30-21-10-7-19(8-11-21)9-12-22(28)24-25-23(29)13-14-26-15-17-27(18-16-26)20-5-3-2-4-6-20/h2-12H,13-18H2,1H3,(H,24,28)(H,25,29). The number of nitrogens with one attached hydrogen (secondary N) is 2. The molecule has 1 aliphatic rings. The highest BCUT2D eigenvalue weighted by Gasteiger charge is 2.17. The second-order valence-electron chi connectivity index (χ2n) is 7.06. The number of hydrogen-bond acceptors (Lipinski definition) is 5. The number of piperazine rings is 1. The molecule has 2 N–H and O–H groups in total. The lowest BCUT2D eigenvalue weighted by Gasteiger charge is -2.36. The molecule has 0 unspecified atom stereocenters. The van der Waals surface area contributed by atoms with Crippen LogP contribution in [0.25, 0.3) is 6.08 Å². The summed E-state index contributed by atoms with van der Waals surface area (Å²) < 4.78 is 5.10. The van der Waals surface area contributed by atoms with E-state index in [1.54, 1.807) is 13.2 Å². The minimum Gasteiger partial charge on any atom is -0.497 e. The monoisotopic (exact) mass is 408 g/mol. The molecule has 2 aromatic rings. The Hall–Kier alpha value is -3.32. The third-order valence-corrected chi connectivity index (χ3v) is 5.02. The highest BCUT2D eigenvalue weighted by molar-refractivity contribution is 5.93. The van der Waals surface area contributed by atoms with Gasteiger partial charge < -0.3 is 9.64 Å². The third-order valence-electron chi connectivity index (χ3n) is 5.02. The molecule has 7 nitrogen and oxygen atoms in total. The van der Waals surface area contributed by atoms with Crippen molar-refractivity contribution in [2.24, 2.45) is 0 Å². The van der Waals surface area contributed by atoms with Crippen LogP contribution < -0.4 is 20.5 Å². The van der Waals surface area contributed by atoms with Gasteiger partial charge in [-0.05, 0) is 35.9 Å². The van der Waals surface area contributed by atoms with Gasteiger partial charge in [-0.3, -0.25) is 25.3 Å². The summed E-state index contributed by atoms with van der Waals surface area (Å²) in [4.78, 5) is 28.5. The van der Waals surface area contributed by atoms with Gasteiger partial charge in [0.25, 0.3) is 5.91 Å². The zero-order valence-electron chi connectivity index (χ0n) is 17.2. The van der Waals surface area contributed by atoms with Gasteiger partial charge in [-0.25, -0.2) is 0 Å². The normalized spacial score (nSPS) is 14.5. The maximum Gasteiger partial charge on any atom is 0.262 e. The molecule has 1 aliphatic heterocycles. The van der Waals surface area contributed by atoms with Crippen LogP contribution in [0.1, 0.15) is 12.0 Å². The van der Waals surface area contributed by atoms with Crippen LogP contribution in [0, 0.1) is 0 Å². The van der Waals surface area contributed by atoms with Crippen LogP contribution in [0.3, 0.4) is 0 Å². The van der Waals surface area contributed by atoms with E-state index in [1.165, 1.54) is 11.8 Å². The summed E-state index contributed by atoms with van der Waals surface area (Å²) in [6.45, 7) is 4.39. The van der Waals surface area contributed by atoms with Gasteiger partial charge in [-0.2, -0.15) is 0 Å². The number of methoxy groups -OCH3 is 1. The quantitative estimate of drug-likeness (QED) is 0.542. The van der Waals surface area contributed by atoms with Gasteiger partial charge in [0, 0.05) is 50.9 Å². The van der Waals surface area contributed by atoms with Crippen LogP contribution in [-0.4, -0.2) is 56.5 Å². The molecule has 2 aromatic carbocycles. The number of benzene rings is 2. The molecular formula is C23H28N4O3. The molecule has 0 aliphatic carbocycles. The fourth-order valence-electron chi connectivity index (χ4n) is 3.25. The maximum absolute atomic E-state index is 12.0. The molecule has 3 rings (SSSR count). The summed E-state index contributed by atoms with van der Waals surface area (Å²) in [6.07, 6.45) is 3.39. The highest BCUT2D eigenvalue weighted by atomic mass is 16.5. The number of rotatable bonds is 7. The summed E-state index contributed by atoms with van der Waals surface area (Å²) >= 11 is 0. The molecule has 1 heterocycles. The second kappa shape index (κ2) is 11.0. The minimum absolute atomic E-state index is 0.202. The molecule has 0 atom stereocenters. The molecule has 30 heavy (non-hydrogen) atoms. The van der Waals surface area contributed by atoms with Crippen LogP contribution in [0.2, 0.25) is 0 Å². The number of anilines is 1. The number of para-hydroxylation sites is 1. The predicted molar refractivity (Wildman–Crippen MR) is 118 cm³/mol. The molecule has 0 spiro atoms. The first-order valence-electron chi connectivity index (χ1n) is 10.1. The summed E-state index contributed by atoms with van der Waals surface area (Å²) in [7, 11) is 1.60. The van der Waals surface area contributed by atoms with Crippen molar-refractivity contribution in [2.75, 3.05) is 44.7 Å². The van der Waals surface area contributed by atoms with E-state index < -0.39 is 0 Å².